The molecule has 0 saturated carbocycles. The number of nitrogens with zero attached hydrogens (tertiary/aromatic N) is 3. The number of aromatic carboxylic acids is 1. The number of halogens is 1. The highest BCUT2D eigenvalue weighted by Crippen LogP contribution is 2.16. The number of hydrogen-bond donors (Lipinski definition) is 2. The number of nitrogens with one attached hydrogen (secondary N) is 1. The Morgan fingerprint density at radius 2 is 1.96 bits per heavy atom. The fourth-order valence-corrected chi connectivity index (χ4v) is 2.89. The molecule has 0 atom stereocenters. The molecule has 1 amide bonds. The van der Waals surface area contributed by atoms with Crippen LogP contribution in [0.3, 0.4) is 0 Å². The van der Waals surface area contributed by atoms with Crippen LogP contribution >= 0.6 is 0 Å². The summed E-state index contributed by atoms with van der Waals surface area (Å²) in [5, 5.41) is 11.6. The average Bonchev–Trinajstić information content (AvgIpc) is 2.88. The van der Waals surface area contributed by atoms with Gasteiger partial charge in [-0.1, -0.05) is 26.0 Å². The summed E-state index contributed by atoms with van der Waals surface area (Å²) in [6.07, 6.45) is 1.17. The van der Waals surface area contributed by atoms with E-state index in [0.29, 0.717) is 12.2 Å². The van der Waals surface area contributed by atoms with Gasteiger partial charge < -0.3 is 10.4 Å². The van der Waals surface area contributed by atoms with Gasteiger partial charge in [-0.15, -0.1) is 0 Å². The first kappa shape index (κ1) is 19.3. The molecular weight excluding hydrogens is 367 g/mol. The lowest BCUT2D eigenvalue weighted by Crippen LogP contribution is -2.30. The van der Waals surface area contributed by atoms with E-state index in [1.54, 1.807) is 6.07 Å². The van der Waals surface area contributed by atoms with E-state index in [2.05, 4.69) is 10.3 Å². The summed E-state index contributed by atoms with van der Waals surface area (Å²) in [5.74, 6) is -2.28. The van der Waals surface area contributed by atoms with Crippen molar-refractivity contribution in [3.05, 3.63) is 58.4 Å². The van der Waals surface area contributed by atoms with Gasteiger partial charge in [-0.3, -0.25) is 13.9 Å². The number of carboxylic acids is 1. The van der Waals surface area contributed by atoms with Crippen molar-refractivity contribution in [2.45, 2.75) is 26.9 Å². The predicted molar refractivity (Wildman–Crippen MR) is 101 cm³/mol. The number of amides is 1. The minimum Gasteiger partial charge on any atom is -0.478 e. The summed E-state index contributed by atoms with van der Waals surface area (Å²) in [5.41, 5.74) is -0.0627. The Kier molecular flexibility index (Phi) is 5.25. The molecular formula is C19H19FN4O4. The lowest BCUT2D eigenvalue weighted by atomic mass is 10.2. The van der Waals surface area contributed by atoms with Crippen LogP contribution in [0, 0.1) is 11.7 Å². The van der Waals surface area contributed by atoms with Crippen molar-refractivity contribution in [3.8, 4) is 0 Å². The third kappa shape index (κ3) is 3.78. The van der Waals surface area contributed by atoms with Gasteiger partial charge in [-0.25, -0.2) is 19.0 Å². The lowest BCUT2D eigenvalue weighted by Gasteiger charge is -2.07. The maximum absolute atomic E-state index is 13.7. The highest BCUT2D eigenvalue weighted by Gasteiger charge is 2.19. The number of anilines is 1. The molecule has 9 heteroatoms. The van der Waals surface area contributed by atoms with Crippen molar-refractivity contribution in [2.24, 2.45) is 5.92 Å². The van der Waals surface area contributed by atoms with Crippen LogP contribution in [0.2, 0.25) is 0 Å². The van der Waals surface area contributed by atoms with Crippen LogP contribution in [-0.4, -0.2) is 31.1 Å². The van der Waals surface area contributed by atoms with E-state index in [-0.39, 0.29) is 22.7 Å². The zero-order chi connectivity index (χ0) is 20.4. The molecule has 0 saturated heterocycles. The fourth-order valence-electron chi connectivity index (χ4n) is 2.89. The number of pyridine rings is 1. The van der Waals surface area contributed by atoms with Crippen LogP contribution in [0.1, 0.15) is 24.2 Å². The number of carbonyl (C=O) groups is 2. The van der Waals surface area contributed by atoms with E-state index in [9.17, 15) is 23.9 Å². The third-order valence-corrected chi connectivity index (χ3v) is 4.10. The third-order valence-electron chi connectivity index (χ3n) is 4.10. The number of benzene rings is 1. The second-order valence-electron chi connectivity index (χ2n) is 6.77. The number of rotatable bonds is 6. The quantitative estimate of drug-likeness (QED) is 0.676. The van der Waals surface area contributed by atoms with Gasteiger partial charge in [0.05, 0.1) is 16.8 Å². The Morgan fingerprint density at radius 3 is 2.61 bits per heavy atom. The Balaban J connectivity index is 2.03. The van der Waals surface area contributed by atoms with Crippen LogP contribution in [-0.2, 0) is 17.9 Å². The second kappa shape index (κ2) is 7.63. The number of para-hydroxylation sites is 1. The largest absolute Gasteiger partial charge is 0.478 e. The first-order chi connectivity index (χ1) is 13.3. The number of fused-ring (bicyclic) bond motifs is 1. The van der Waals surface area contributed by atoms with Crippen molar-refractivity contribution < 1.29 is 19.1 Å². The van der Waals surface area contributed by atoms with E-state index in [1.165, 1.54) is 35.0 Å². The van der Waals surface area contributed by atoms with Crippen LogP contribution in [0.15, 0.2) is 41.3 Å². The van der Waals surface area contributed by atoms with Crippen molar-refractivity contribution in [2.75, 3.05) is 5.32 Å². The minimum absolute atomic E-state index is 0.00387. The van der Waals surface area contributed by atoms with E-state index >= 15 is 0 Å². The van der Waals surface area contributed by atoms with Crippen LogP contribution in [0.4, 0.5) is 10.1 Å². The van der Waals surface area contributed by atoms with Crippen molar-refractivity contribution >= 4 is 28.7 Å². The molecule has 2 aromatic heterocycles. The van der Waals surface area contributed by atoms with Gasteiger partial charge in [0.15, 0.2) is 5.65 Å². The number of imidazole rings is 1. The lowest BCUT2D eigenvalue weighted by molar-refractivity contribution is -0.116. The van der Waals surface area contributed by atoms with E-state index in [4.69, 9.17) is 0 Å². The number of carbonyl (C=O) groups excluding carboxylic acids is 1. The first-order valence-corrected chi connectivity index (χ1v) is 8.64. The van der Waals surface area contributed by atoms with Crippen molar-refractivity contribution in [3.63, 3.8) is 0 Å². The van der Waals surface area contributed by atoms with Gasteiger partial charge in [0, 0.05) is 12.7 Å². The maximum atomic E-state index is 13.7. The maximum Gasteiger partial charge on any atom is 0.337 e. The van der Waals surface area contributed by atoms with Crippen LogP contribution < -0.4 is 11.0 Å². The normalized spacial score (nSPS) is 11.1. The van der Waals surface area contributed by atoms with E-state index in [1.807, 2.05) is 13.8 Å². The highest BCUT2D eigenvalue weighted by molar-refractivity contribution is 5.93. The average molecular weight is 386 g/mol. The molecule has 28 heavy (non-hydrogen) atoms. The zero-order valence-corrected chi connectivity index (χ0v) is 15.3. The van der Waals surface area contributed by atoms with Gasteiger partial charge in [0.1, 0.15) is 12.4 Å². The molecule has 2 heterocycles. The van der Waals surface area contributed by atoms with Gasteiger partial charge in [0.25, 0.3) is 0 Å². The van der Waals surface area contributed by atoms with Gasteiger partial charge in [-0.05, 0) is 24.1 Å². The molecule has 0 spiro atoms. The van der Waals surface area contributed by atoms with Gasteiger partial charge in [-0.2, -0.15) is 0 Å². The van der Waals surface area contributed by atoms with E-state index in [0.717, 1.165) is 4.57 Å². The molecule has 8 nitrogen and oxygen atoms in total. The van der Waals surface area contributed by atoms with Crippen molar-refractivity contribution in [1.82, 2.24) is 14.1 Å². The standard InChI is InChI=1S/C19H19FN4O4/c1-11(2)9-24-17-15(7-12(8-21-17)18(26)27)23(19(24)28)10-16(25)22-14-6-4-3-5-13(14)20/h3-8,11H,9-10H2,1-2H3,(H,22,25)(H,26,27). The Bertz CT molecular complexity index is 1120. The smallest absolute Gasteiger partial charge is 0.337 e. The molecule has 0 radical (unpaired) electrons. The highest BCUT2D eigenvalue weighted by atomic mass is 19.1. The Hall–Kier alpha value is -3.49. The van der Waals surface area contributed by atoms with Gasteiger partial charge >= 0.3 is 11.7 Å². The molecule has 0 unspecified atom stereocenters. The molecule has 0 aliphatic carbocycles. The van der Waals surface area contributed by atoms with Crippen LogP contribution in [0.5, 0.6) is 0 Å². The second-order valence-corrected chi connectivity index (χ2v) is 6.77. The summed E-state index contributed by atoms with van der Waals surface area (Å²) < 4.78 is 16.3. The molecule has 0 bridgehead atoms. The first-order valence-electron chi connectivity index (χ1n) is 8.64. The number of carboxylic acid groups (broad SMARTS) is 1. The molecule has 2 N–H and O–H groups in total. The zero-order valence-electron chi connectivity index (χ0n) is 15.3. The minimum atomic E-state index is -1.19. The Morgan fingerprint density at radius 1 is 1.25 bits per heavy atom. The molecule has 1 aromatic carbocycles. The monoisotopic (exact) mass is 386 g/mol. The SMILES string of the molecule is CC(C)Cn1c(=O)n(CC(=O)Nc2ccccc2F)c2cc(C(=O)O)cnc21. The number of aromatic nitrogens is 3. The summed E-state index contributed by atoms with van der Waals surface area (Å²) in [4.78, 5) is 40.6. The summed E-state index contributed by atoms with van der Waals surface area (Å²) in [6.45, 7) is 3.80. The van der Waals surface area contributed by atoms with E-state index < -0.39 is 29.9 Å². The molecule has 0 aliphatic rings. The predicted octanol–water partition coefficient (Wildman–Crippen LogP) is 2.33. The summed E-state index contributed by atoms with van der Waals surface area (Å²) in [6, 6.07) is 6.98. The van der Waals surface area contributed by atoms with Crippen molar-refractivity contribution in [1.29, 1.82) is 0 Å². The van der Waals surface area contributed by atoms with Gasteiger partial charge in [0.2, 0.25) is 5.91 Å². The Labute approximate surface area is 159 Å². The molecule has 0 fully saturated rings. The molecule has 146 valence electrons. The molecule has 3 aromatic rings. The topological polar surface area (TPSA) is 106 Å². The number of hydrogen-bond acceptors (Lipinski definition) is 4. The fraction of sp³-hybridized carbons (Fsp3) is 0.263. The summed E-state index contributed by atoms with van der Waals surface area (Å²) in [7, 11) is 0. The molecule has 0 aliphatic heterocycles. The van der Waals surface area contributed by atoms with Crippen LogP contribution in [0.25, 0.3) is 11.2 Å². The molecule has 3 rings (SSSR count). The summed E-state index contributed by atoms with van der Waals surface area (Å²) >= 11 is 0.